The third kappa shape index (κ3) is 10.1. The summed E-state index contributed by atoms with van der Waals surface area (Å²) in [5.41, 5.74) is 2.72. The minimum absolute atomic E-state index is 0. The van der Waals surface area contributed by atoms with Crippen LogP contribution < -0.4 is 0 Å². The van der Waals surface area contributed by atoms with Crippen molar-refractivity contribution in [3.63, 3.8) is 0 Å². The van der Waals surface area contributed by atoms with Crippen molar-refractivity contribution in [3.05, 3.63) is 84.2 Å². The van der Waals surface area contributed by atoms with Crippen molar-refractivity contribution in [2.24, 2.45) is 11.3 Å². The summed E-state index contributed by atoms with van der Waals surface area (Å²) in [6.07, 6.45) is 20.6. The number of nitrogens with zero attached hydrogens (tertiary/aromatic N) is 1. The van der Waals surface area contributed by atoms with Gasteiger partial charge in [-0.05, 0) is 95.4 Å². The molecule has 1 aliphatic rings. The van der Waals surface area contributed by atoms with E-state index in [-0.39, 0.29) is 29.4 Å². The van der Waals surface area contributed by atoms with E-state index in [2.05, 4.69) is 101 Å². The molecule has 2 nitrogen and oxygen atoms in total. The molecule has 0 radical (unpaired) electrons. The Hall–Kier alpha value is -1.33. The Morgan fingerprint density at radius 3 is 2.41 bits per heavy atom. The van der Waals surface area contributed by atoms with E-state index in [4.69, 9.17) is 4.74 Å². The lowest BCUT2D eigenvalue weighted by atomic mass is 9.71. The lowest BCUT2D eigenvalue weighted by Crippen LogP contribution is -2.37. The van der Waals surface area contributed by atoms with Gasteiger partial charge >= 0.3 is 0 Å². The summed E-state index contributed by atoms with van der Waals surface area (Å²) in [7, 11) is 4.39. The van der Waals surface area contributed by atoms with Crippen LogP contribution in [-0.4, -0.2) is 31.6 Å². The van der Waals surface area contributed by atoms with Crippen molar-refractivity contribution in [2.75, 3.05) is 20.6 Å². The van der Waals surface area contributed by atoms with Crippen LogP contribution in [-0.2, 0) is 11.2 Å². The maximum absolute atomic E-state index is 6.50. The Morgan fingerprint density at radius 1 is 1.18 bits per heavy atom. The van der Waals surface area contributed by atoms with E-state index in [1.807, 2.05) is 6.08 Å². The predicted octanol–water partition coefficient (Wildman–Crippen LogP) is 8.75. The fourth-order valence-electron chi connectivity index (χ4n) is 5.33. The van der Waals surface area contributed by atoms with Crippen LogP contribution in [0.3, 0.4) is 0 Å². The third-order valence-electron chi connectivity index (χ3n) is 6.99. The fraction of sp³-hybridized carbons (Fsp3) is 0.548. The fourth-order valence-corrected chi connectivity index (χ4v) is 5.33. The van der Waals surface area contributed by atoms with Gasteiger partial charge in [-0.3, -0.25) is 0 Å². The molecule has 0 aliphatic heterocycles. The highest BCUT2D eigenvalue weighted by atomic mass is 127. The second-order valence-electron chi connectivity index (χ2n) is 10.2. The topological polar surface area (TPSA) is 12.5 Å². The molecule has 0 heterocycles. The van der Waals surface area contributed by atoms with Crippen molar-refractivity contribution in [1.29, 1.82) is 0 Å². The van der Waals surface area contributed by atoms with Crippen molar-refractivity contribution < 1.29 is 4.74 Å². The average Bonchev–Trinajstić information content (AvgIpc) is 3.30. The summed E-state index contributed by atoms with van der Waals surface area (Å²) in [6, 6.07) is 10.9. The maximum Gasteiger partial charge on any atom is 0.126 e. The van der Waals surface area contributed by atoms with E-state index in [0.717, 1.165) is 43.6 Å². The molecule has 1 unspecified atom stereocenters. The van der Waals surface area contributed by atoms with Gasteiger partial charge < -0.3 is 9.64 Å². The molecular formula is C31H48INO. The zero-order valence-electron chi connectivity index (χ0n) is 22.3. The Balaban J connectivity index is 0.00000578. The molecule has 2 atom stereocenters. The van der Waals surface area contributed by atoms with Gasteiger partial charge in [-0.25, -0.2) is 0 Å². The van der Waals surface area contributed by atoms with E-state index in [0.29, 0.717) is 12.0 Å². The van der Waals surface area contributed by atoms with E-state index in [1.54, 1.807) is 0 Å². The lowest BCUT2D eigenvalue weighted by molar-refractivity contribution is 0.127. The van der Waals surface area contributed by atoms with Crippen LogP contribution >= 0.6 is 24.0 Å². The number of allylic oxidation sites excluding steroid dienone is 6. The van der Waals surface area contributed by atoms with Gasteiger partial charge in [0.1, 0.15) is 5.76 Å². The van der Waals surface area contributed by atoms with Gasteiger partial charge in [0.15, 0.2) is 0 Å². The highest BCUT2D eigenvalue weighted by Crippen LogP contribution is 2.38. The Labute approximate surface area is 227 Å². The van der Waals surface area contributed by atoms with Gasteiger partial charge in [-0.15, -0.1) is 24.0 Å². The number of benzene rings is 1. The SMILES string of the molecule is C=CC(/C=C\C)=C(/C=C/C(CC)[C@@](C)(CCCc1ccccc1)CN(C)C)OC1CCCC1.I. The minimum atomic E-state index is 0. The van der Waals surface area contributed by atoms with E-state index in [1.165, 1.54) is 31.2 Å². The van der Waals surface area contributed by atoms with Crippen molar-refractivity contribution >= 4 is 24.0 Å². The first kappa shape index (κ1) is 30.7. The van der Waals surface area contributed by atoms with Gasteiger partial charge in [0.25, 0.3) is 0 Å². The number of aryl methyl sites for hydroxylation is 1. The first-order valence-electron chi connectivity index (χ1n) is 12.9. The molecule has 1 fully saturated rings. The zero-order valence-corrected chi connectivity index (χ0v) is 24.6. The van der Waals surface area contributed by atoms with E-state index in [9.17, 15) is 0 Å². The molecule has 2 rings (SSSR count). The number of hydrogen-bond acceptors (Lipinski definition) is 2. The molecule has 1 aromatic rings. The molecule has 1 saturated carbocycles. The molecule has 0 aromatic heterocycles. The molecule has 0 saturated heterocycles. The monoisotopic (exact) mass is 577 g/mol. The minimum Gasteiger partial charge on any atom is -0.490 e. The lowest BCUT2D eigenvalue weighted by Gasteiger charge is -2.38. The molecule has 190 valence electrons. The summed E-state index contributed by atoms with van der Waals surface area (Å²) in [5.74, 6) is 1.46. The summed E-state index contributed by atoms with van der Waals surface area (Å²) in [5, 5.41) is 0. The molecular weight excluding hydrogens is 529 g/mol. The van der Waals surface area contributed by atoms with Crippen LogP contribution in [0.2, 0.25) is 0 Å². The number of hydrogen-bond donors (Lipinski definition) is 0. The van der Waals surface area contributed by atoms with Crippen molar-refractivity contribution in [1.82, 2.24) is 4.90 Å². The highest BCUT2D eigenvalue weighted by Gasteiger charge is 2.32. The maximum atomic E-state index is 6.50. The van der Waals surface area contributed by atoms with E-state index >= 15 is 0 Å². The Bertz CT molecular complexity index is 789. The summed E-state index contributed by atoms with van der Waals surface area (Å²) in [6.45, 7) is 12.0. The average molecular weight is 578 g/mol. The standard InChI is InChI=1S/C31H47NO.HI/c1-7-16-27(8-2)30(33-29-20-13-14-21-29)23-22-28(9-3)31(4,25-32(5)6)24-15-19-26-17-11-10-12-18-26;/h7-8,10-12,16-18,22-23,28-29H,2,9,13-15,19-21,24-25H2,1,3-6H3;1H/b16-7-,23-22+,30-27+;/t28?,31-;/m0./s1. The van der Waals surface area contributed by atoms with Crippen LogP contribution in [0.5, 0.6) is 0 Å². The Kier molecular flexibility index (Phi) is 14.8. The van der Waals surface area contributed by atoms with Gasteiger partial charge in [0.2, 0.25) is 0 Å². The van der Waals surface area contributed by atoms with Gasteiger partial charge in [0.05, 0.1) is 6.10 Å². The van der Waals surface area contributed by atoms with Crippen LogP contribution in [0.15, 0.2) is 78.6 Å². The number of halogens is 1. The first-order valence-corrected chi connectivity index (χ1v) is 12.9. The van der Waals surface area contributed by atoms with Gasteiger partial charge in [0, 0.05) is 12.1 Å². The molecule has 0 amide bonds. The smallest absolute Gasteiger partial charge is 0.126 e. The summed E-state index contributed by atoms with van der Waals surface area (Å²) < 4.78 is 6.50. The van der Waals surface area contributed by atoms with Gasteiger partial charge in [-0.1, -0.05) is 75.1 Å². The zero-order chi connectivity index (χ0) is 24.1. The molecule has 1 aliphatic carbocycles. The van der Waals surface area contributed by atoms with Crippen LogP contribution in [0, 0.1) is 11.3 Å². The summed E-state index contributed by atoms with van der Waals surface area (Å²) in [4.78, 5) is 2.35. The molecule has 0 bridgehead atoms. The third-order valence-corrected chi connectivity index (χ3v) is 6.99. The summed E-state index contributed by atoms with van der Waals surface area (Å²) >= 11 is 0. The van der Waals surface area contributed by atoms with Crippen LogP contribution in [0.1, 0.15) is 71.3 Å². The van der Waals surface area contributed by atoms with Crippen molar-refractivity contribution in [2.45, 2.75) is 78.2 Å². The first-order chi connectivity index (χ1) is 15.9. The van der Waals surface area contributed by atoms with Gasteiger partial charge in [-0.2, -0.15) is 0 Å². The quantitative estimate of drug-likeness (QED) is 0.125. The highest BCUT2D eigenvalue weighted by molar-refractivity contribution is 14.0. The normalized spacial score (nSPS) is 18.1. The molecule has 3 heteroatoms. The molecule has 0 spiro atoms. The molecule has 0 N–H and O–H groups in total. The Morgan fingerprint density at radius 2 is 1.85 bits per heavy atom. The predicted molar refractivity (Wildman–Crippen MR) is 160 cm³/mol. The largest absolute Gasteiger partial charge is 0.490 e. The number of rotatable bonds is 14. The number of ether oxygens (including phenoxy) is 1. The molecule has 1 aromatic carbocycles. The van der Waals surface area contributed by atoms with E-state index < -0.39 is 0 Å². The van der Waals surface area contributed by atoms with Crippen molar-refractivity contribution in [3.8, 4) is 0 Å². The molecule has 34 heavy (non-hydrogen) atoms. The van der Waals surface area contributed by atoms with Crippen LogP contribution in [0.4, 0.5) is 0 Å². The second-order valence-corrected chi connectivity index (χ2v) is 10.2. The second kappa shape index (κ2) is 16.4. The van der Waals surface area contributed by atoms with Crippen LogP contribution in [0.25, 0.3) is 0 Å².